The van der Waals surface area contributed by atoms with E-state index in [1.807, 2.05) is 30.3 Å². The number of ether oxygens (including phenoxy) is 1. The van der Waals surface area contributed by atoms with E-state index in [0.717, 1.165) is 5.56 Å². The standard InChI is InChI=1S/C13H16NO3/c1-2-17-13(16)14(9-8-12(14)15)10-11-6-4-3-5-7-11/h3-7H,2,8-10H2,1H3/q+1. The molecule has 0 aliphatic carbocycles. The molecule has 1 aromatic rings. The molecule has 1 atom stereocenters. The second kappa shape index (κ2) is 4.67. The van der Waals surface area contributed by atoms with Crippen LogP contribution in [0.25, 0.3) is 0 Å². The fraction of sp³-hybridized carbons (Fsp3) is 0.385. The molecule has 0 bridgehead atoms. The van der Waals surface area contributed by atoms with Gasteiger partial charge in [0.25, 0.3) is 0 Å². The Morgan fingerprint density at radius 1 is 1.35 bits per heavy atom. The van der Waals surface area contributed by atoms with Gasteiger partial charge in [0.05, 0.1) is 6.61 Å². The summed E-state index contributed by atoms with van der Waals surface area (Å²) in [6, 6.07) is 9.56. The normalized spacial score (nSPS) is 23.0. The SMILES string of the molecule is CCOC(=O)[N+]1(Cc2ccccc2)CCC1=O. The zero-order valence-electron chi connectivity index (χ0n) is 9.89. The lowest BCUT2D eigenvalue weighted by atomic mass is 10.1. The number of carbonyl (C=O) groups is 2. The van der Waals surface area contributed by atoms with Crippen LogP contribution in [-0.2, 0) is 16.1 Å². The van der Waals surface area contributed by atoms with Crippen molar-refractivity contribution in [2.45, 2.75) is 19.9 Å². The molecular weight excluding hydrogens is 218 g/mol. The van der Waals surface area contributed by atoms with Crippen molar-refractivity contribution < 1.29 is 18.8 Å². The molecule has 1 unspecified atom stereocenters. The van der Waals surface area contributed by atoms with Crippen molar-refractivity contribution in [3.05, 3.63) is 35.9 Å². The van der Waals surface area contributed by atoms with Gasteiger partial charge in [-0.2, -0.15) is 9.28 Å². The van der Waals surface area contributed by atoms with E-state index in [2.05, 4.69) is 0 Å². The number of imide groups is 1. The van der Waals surface area contributed by atoms with Crippen LogP contribution in [0.2, 0.25) is 0 Å². The van der Waals surface area contributed by atoms with Crippen LogP contribution in [0.15, 0.2) is 30.3 Å². The van der Waals surface area contributed by atoms with Gasteiger partial charge in [-0.15, -0.1) is 0 Å². The molecule has 0 spiro atoms. The van der Waals surface area contributed by atoms with E-state index in [9.17, 15) is 9.59 Å². The highest BCUT2D eigenvalue weighted by Gasteiger charge is 2.54. The molecule has 1 heterocycles. The van der Waals surface area contributed by atoms with Gasteiger partial charge in [-0.1, -0.05) is 30.3 Å². The van der Waals surface area contributed by atoms with E-state index in [1.165, 1.54) is 0 Å². The molecule has 2 rings (SSSR count). The maximum absolute atomic E-state index is 11.9. The molecule has 0 radical (unpaired) electrons. The van der Waals surface area contributed by atoms with E-state index in [1.54, 1.807) is 6.92 Å². The molecule has 1 aromatic carbocycles. The Balaban J connectivity index is 2.19. The van der Waals surface area contributed by atoms with Crippen LogP contribution in [0.5, 0.6) is 0 Å². The van der Waals surface area contributed by atoms with Crippen LogP contribution < -0.4 is 0 Å². The Kier molecular flexibility index (Phi) is 3.24. The van der Waals surface area contributed by atoms with Gasteiger partial charge in [0.1, 0.15) is 19.5 Å². The van der Waals surface area contributed by atoms with Gasteiger partial charge in [-0.3, -0.25) is 0 Å². The third-order valence-corrected chi connectivity index (χ3v) is 3.10. The fourth-order valence-corrected chi connectivity index (χ4v) is 2.04. The number of carbonyl (C=O) groups excluding carboxylic acids is 2. The predicted octanol–water partition coefficient (Wildman–Crippen LogP) is 2.09. The van der Waals surface area contributed by atoms with E-state index < -0.39 is 6.09 Å². The minimum Gasteiger partial charge on any atom is -0.420 e. The monoisotopic (exact) mass is 234 g/mol. The molecule has 1 aliphatic rings. The quantitative estimate of drug-likeness (QED) is 0.594. The number of benzene rings is 1. The summed E-state index contributed by atoms with van der Waals surface area (Å²) in [7, 11) is 0. The fourth-order valence-electron chi connectivity index (χ4n) is 2.04. The van der Waals surface area contributed by atoms with Crippen molar-refractivity contribution in [3.63, 3.8) is 0 Å². The van der Waals surface area contributed by atoms with E-state index >= 15 is 0 Å². The van der Waals surface area contributed by atoms with Crippen molar-refractivity contribution in [1.29, 1.82) is 0 Å². The smallest absolute Gasteiger partial charge is 0.420 e. The molecule has 1 saturated heterocycles. The van der Waals surface area contributed by atoms with Crippen molar-refractivity contribution in [2.75, 3.05) is 13.2 Å². The van der Waals surface area contributed by atoms with Gasteiger partial charge in [0, 0.05) is 5.56 Å². The maximum atomic E-state index is 11.9. The van der Waals surface area contributed by atoms with Crippen LogP contribution in [0.3, 0.4) is 0 Å². The number of amides is 2. The van der Waals surface area contributed by atoms with E-state index in [0.29, 0.717) is 26.1 Å². The Labute approximate surface area is 100 Å². The lowest BCUT2D eigenvalue weighted by Gasteiger charge is -2.37. The number of rotatable bonds is 3. The third kappa shape index (κ3) is 2.08. The number of likely N-dealkylation sites (tertiary alicyclic amines) is 1. The van der Waals surface area contributed by atoms with Crippen molar-refractivity contribution in [1.82, 2.24) is 0 Å². The van der Waals surface area contributed by atoms with Gasteiger partial charge < -0.3 is 4.74 Å². The Hall–Kier alpha value is -1.68. The summed E-state index contributed by atoms with van der Waals surface area (Å²) in [6.45, 7) is 3.01. The van der Waals surface area contributed by atoms with Gasteiger partial charge in [-0.05, 0) is 6.92 Å². The first kappa shape index (κ1) is 11.8. The van der Waals surface area contributed by atoms with Crippen LogP contribution in [0.4, 0.5) is 4.79 Å². The summed E-state index contributed by atoms with van der Waals surface area (Å²) in [4.78, 5) is 23.6. The minimum atomic E-state index is -0.424. The molecule has 1 aliphatic heterocycles. The average molecular weight is 234 g/mol. The molecule has 17 heavy (non-hydrogen) atoms. The second-order valence-corrected chi connectivity index (χ2v) is 4.18. The number of hydrogen-bond donors (Lipinski definition) is 0. The van der Waals surface area contributed by atoms with E-state index in [-0.39, 0.29) is 10.4 Å². The van der Waals surface area contributed by atoms with Crippen molar-refractivity contribution in [2.24, 2.45) is 0 Å². The molecule has 2 amide bonds. The summed E-state index contributed by atoms with van der Waals surface area (Å²) >= 11 is 0. The van der Waals surface area contributed by atoms with Crippen LogP contribution in [0, 0.1) is 0 Å². The largest absolute Gasteiger partial charge is 0.523 e. The van der Waals surface area contributed by atoms with Crippen LogP contribution in [0.1, 0.15) is 18.9 Å². The average Bonchev–Trinajstić information content (AvgIpc) is 2.35. The van der Waals surface area contributed by atoms with Crippen LogP contribution >= 0.6 is 0 Å². The molecule has 90 valence electrons. The number of nitrogens with zero attached hydrogens (tertiary/aromatic N) is 1. The maximum Gasteiger partial charge on any atom is 0.523 e. The molecule has 4 heteroatoms. The number of hydrogen-bond acceptors (Lipinski definition) is 3. The number of quaternary nitrogens is 1. The molecular formula is C13H16NO3+. The summed E-state index contributed by atoms with van der Waals surface area (Å²) in [5.41, 5.74) is 0.980. The first-order valence-electron chi connectivity index (χ1n) is 5.81. The van der Waals surface area contributed by atoms with E-state index in [4.69, 9.17) is 4.74 Å². The summed E-state index contributed by atoms with van der Waals surface area (Å²) in [6.07, 6.45) is 0.0404. The first-order chi connectivity index (χ1) is 8.19. The minimum absolute atomic E-state index is 0.0488. The summed E-state index contributed by atoms with van der Waals surface area (Å²) < 4.78 is 4.82. The predicted molar refractivity (Wildman–Crippen MR) is 61.9 cm³/mol. The second-order valence-electron chi connectivity index (χ2n) is 4.18. The van der Waals surface area contributed by atoms with Gasteiger partial charge in [-0.25, -0.2) is 4.79 Å². The first-order valence-corrected chi connectivity index (χ1v) is 5.81. The van der Waals surface area contributed by atoms with Crippen molar-refractivity contribution in [3.8, 4) is 0 Å². The lowest BCUT2D eigenvalue weighted by Crippen LogP contribution is -2.65. The summed E-state index contributed by atoms with van der Waals surface area (Å²) in [5.74, 6) is -0.0488. The van der Waals surface area contributed by atoms with Gasteiger partial charge >= 0.3 is 12.0 Å². The third-order valence-electron chi connectivity index (χ3n) is 3.10. The number of β-lactam (4-membered cyclic amide) rings is 1. The van der Waals surface area contributed by atoms with Crippen LogP contribution in [-0.4, -0.2) is 29.6 Å². The highest BCUT2D eigenvalue weighted by molar-refractivity contribution is 5.85. The molecule has 0 aromatic heterocycles. The zero-order chi connectivity index (χ0) is 12.3. The van der Waals surface area contributed by atoms with Gasteiger partial charge in [0.15, 0.2) is 0 Å². The summed E-state index contributed by atoms with van der Waals surface area (Å²) in [5, 5.41) is 0. The molecule has 0 N–H and O–H groups in total. The van der Waals surface area contributed by atoms with Crippen molar-refractivity contribution >= 4 is 12.0 Å². The highest BCUT2D eigenvalue weighted by Crippen LogP contribution is 2.27. The van der Waals surface area contributed by atoms with Gasteiger partial charge in [0.2, 0.25) is 0 Å². The molecule has 0 saturated carbocycles. The topological polar surface area (TPSA) is 43.4 Å². The molecule has 4 nitrogen and oxygen atoms in total. The Morgan fingerprint density at radius 3 is 2.53 bits per heavy atom. The lowest BCUT2D eigenvalue weighted by molar-refractivity contribution is -0.822. The Bertz CT molecular complexity index is 430. The highest BCUT2D eigenvalue weighted by atomic mass is 16.6. The zero-order valence-corrected chi connectivity index (χ0v) is 9.89. The molecule has 1 fully saturated rings. The Morgan fingerprint density at radius 2 is 2.06 bits per heavy atom.